The van der Waals surface area contributed by atoms with Crippen LogP contribution in [0.25, 0.3) is 0 Å². The molecule has 0 aliphatic carbocycles. The molecule has 0 fully saturated rings. The third-order valence-electron chi connectivity index (χ3n) is 1.81. The summed E-state index contributed by atoms with van der Waals surface area (Å²) in [5, 5.41) is 0. The highest BCUT2D eigenvalue weighted by atomic mass is 16.5. The molecule has 0 saturated heterocycles. The molecule has 0 spiro atoms. The van der Waals surface area contributed by atoms with Gasteiger partial charge in [-0.15, -0.1) is 0 Å². The van der Waals surface area contributed by atoms with Gasteiger partial charge in [-0.3, -0.25) is 0 Å². The number of ether oxygens (including phenoxy) is 2. The summed E-state index contributed by atoms with van der Waals surface area (Å²) >= 11 is 0. The average molecular weight is 205 g/mol. The van der Waals surface area contributed by atoms with E-state index in [1.807, 2.05) is 39.0 Å². The predicted octanol–water partition coefficient (Wildman–Crippen LogP) is 3.21. The third-order valence-corrected chi connectivity index (χ3v) is 1.81. The van der Waals surface area contributed by atoms with Gasteiger partial charge in [-0.05, 0) is 44.5 Å². The summed E-state index contributed by atoms with van der Waals surface area (Å²) in [5.41, 5.74) is 0.912. The molecule has 0 bridgehead atoms. The molecule has 15 heavy (non-hydrogen) atoms. The van der Waals surface area contributed by atoms with E-state index in [0.29, 0.717) is 6.61 Å². The molecule has 0 aliphatic heterocycles. The molecule has 1 aromatic rings. The number of hydrogen-bond acceptors (Lipinski definition) is 2. The van der Waals surface area contributed by atoms with Crippen molar-refractivity contribution in [3.8, 4) is 11.5 Å². The smallest absolute Gasteiger partial charge is 0.161 e. The van der Waals surface area contributed by atoms with E-state index >= 15 is 0 Å². The zero-order valence-electron chi connectivity index (χ0n) is 9.54. The van der Waals surface area contributed by atoms with Crippen molar-refractivity contribution >= 4 is 0 Å². The average Bonchev–Trinajstić information content (AvgIpc) is 2.20. The second-order valence-electron chi connectivity index (χ2n) is 3.44. The van der Waals surface area contributed by atoms with Crippen LogP contribution in [0.1, 0.15) is 26.3 Å². The summed E-state index contributed by atoms with van der Waals surface area (Å²) in [7, 11) is 0. The standard InChI is InChI=1S/C13H17O2/c1-5-11-7-8-12(15-10(3)4)13(9-11)14-6-2/h7-10H,1,6H2,2-4H3. The molecule has 2 heteroatoms. The first kappa shape index (κ1) is 11.6. The van der Waals surface area contributed by atoms with Gasteiger partial charge in [0.05, 0.1) is 12.7 Å². The van der Waals surface area contributed by atoms with Crippen LogP contribution in [0.4, 0.5) is 0 Å². The minimum atomic E-state index is 0.141. The lowest BCUT2D eigenvalue weighted by Crippen LogP contribution is -2.07. The van der Waals surface area contributed by atoms with Gasteiger partial charge in [0.25, 0.3) is 0 Å². The van der Waals surface area contributed by atoms with Crippen LogP contribution in [0.5, 0.6) is 11.5 Å². The fourth-order valence-electron chi connectivity index (χ4n) is 1.24. The van der Waals surface area contributed by atoms with Crippen LogP contribution in [0.3, 0.4) is 0 Å². The zero-order valence-corrected chi connectivity index (χ0v) is 9.54. The predicted molar refractivity (Wildman–Crippen MR) is 61.3 cm³/mol. The second-order valence-corrected chi connectivity index (χ2v) is 3.44. The maximum atomic E-state index is 5.62. The third kappa shape index (κ3) is 3.31. The summed E-state index contributed by atoms with van der Waals surface area (Å²) in [6.07, 6.45) is 2.96. The van der Waals surface area contributed by atoms with Gasteiger partial charge in [0, 0.05) is 0 Å². The normalized spacial score (nSPS) is 10.1. The lowest BCUT2D eigenvalue weighted by Gasteiger charge is -2.14. The maximum absolute atomic E-state index is 5.62. The topological polar surface area (TPSA) is 18.5 Å². The maximum Gasteiger partial charge on any atom is 0.161 e. The molecule has 0 amide bonds. The Bertz CT molecular complexity index is 329. The van der Waals surface area contributed by atoms with E-state index in [4.69, 9.17) is 9.47 Å². The molecule has 2 nitrogen and oxygen atoms in total. The van der Waals surface area contributed by atoms with Crippen LogP contribution in [-0.2, 0) is 0 Å². The van der Waals surface area contributed by atoms with Crippen molar-refractivity contribution in [3.63, 3.8) is 0 Å². The minimum absolute atomic E-state index is 0.141. The van der Waals surface area contributed by atoms with Crippen molar-refractivity contribution in [1.29, 1.82) is 0 Å². The molecule has 0 saturated carbocycles. The van der Waals surface area contributed by atoms with Gasteiger partial charge in [0.2, 0.25) is 0 Å². The summed E-state index contributed by atoms with van der Waals surface area (Å²) in [6.45, 7) is 10.1. The first-order valence-corrected chi connectivity index (χ1v) is 5.14. The number of benzene rings is 1. The Morgan fingerprint density at radius 1 is 1.33 bits per heavy atom. The molecule has 1 aromatic carbocycles. The second kappa shape index (κ2) is 5.44. The van der Waals surface area contributed by atoms with E-state index in [9.17, 15) is 0 Å². The Morgan fingerprint density at radius 3 is 2.60 bits per heavy atom. The fourth-order valence-corrected chi connectivity index (χ4v) is 1.24. The highest BCUT2D eigenvalue weighted by Gasteiger charge is 2.06. The summed E-state index contributed by atoms with van der Waals surface area (Å²) < 4.78 is 11.1. The van der Waals surface area contributed by atoms with E-state index in [2.05, 4.69) is 12.7 Å². The molecule has 0 N–H and O–H groups in total. The fraction of sp³-hybridized carbons (Fsp3) is 0.385. The highest BCUT2D eigenvalue weighted by Crippen LogP contribution is 2.29. The van der Waals surface area contributed by atoms with Gasteiger partial charge in [-0.2, -0.15) is 0 Å². The first-order valence-electron chi connectivity index (χ1n) is 5.14. The van der Waals surface area contributed by atoms with Crippen LogP contribution in [0.15, 0.2) is 24.8 Å². The molecule has 81 valence electrons. The lowest BCUT2D eigenvalue weighted by molar-refractivity contribution is 0.224. The van der Waals surface area contributed by atoms with E-state index in [-0.39, 0.29) is 6.10 Å². The van der Waals surface area contributed by atoms with Crippen LogP contribution < -0.4 is 9.47 Å². The van der Waals surface area contributed by atoms with Crippen molar-refractivity contribution in [2.24, 2.45) is 0 Å². The van der Waals surface area contributed by atoms with Gasteiger partial charge in [-0.1, -0.05) is 12.6 Å². The van der Waals surface area contributed by atoms with Gasteiger partial charge in [0.15, 0.2) is 11.5 Å². The molecule has 0 atom stereocenters. The quantitative estimate of drug-likeness (QED) is 0.734. The summed E-state index contributed by atoms with van der Waals surface area (Å²) in [5.74, 6) is 1.52. The lowest BCUT2D eigenvalue weighted by atomic mass is 10.2. The molecule has 0 aliphatic rings. The van der Waals surface area contributed by atoms with Crippen LogP contribution in [-0.4, -0.2) is 12.7 Å². The van der Waals surface area contributed by atoms with Crippen molar-refractivity contribution in [2.45, 2.75) is 26.9 Å². The van der Waals surface area contributed by atoms with Crippen LogP contribution in [0.2, 0.25) is 0 Å². The molecule has 0 aromatic heterocycles. The Hall–Kier alpha value is -1.44. The first-order chi connectivity index (χ1) is 7.17. The van der Waals surface area contributed by atoms with Crippen molar-refractivity contribution < 1.29 is 9.47 Å². The Kier molecular flexibility index (Phi) is 4.22. The van der Waals surface area contributed by atoms with Gasteiger partial charge in [0.1, 0.15) is 0 Å². The minimum Gasteiger partial charge on any atom is -0.490 e. The van der Waals surface area contributed by atoms with Crippen molar-refractivity contribution in [1.82, 2.24) is 0 Å². The van der Waals surface area contributed by atoms with E-state index in [1.165, 1.54) is 0 Å². The Morgan fingerprint density at radius 2 is 2.07 bits per heavy atom. The Balaban J connectivity index is 2.97. The largest absolute Gasteiger partial charge is 0.490 e. The zero-order chi connectivity index (χ0) is 11.3. The van der Waals surface area contributed by atoms with Gasteiger partial charge < -0.3 is 9.47 Å². The van der Waals surface area contributed by atoms with Gasteiger partial charge >= 0.3 is 0 Å². The molecular weight excluding hydrogens is 188 g/mol. The SMILES string of the molecule is C=[C]c1ccc(OC(C)C)c(OCC)c1. The van der Waals surface area contributed by atoms with E-state index in [0.717, 1.165) is 17.1 Å². The number of rotatable bonds is 5. The molecule has 1 rings (SSSR count). The van der Waals surface area contributed by atoms with Crippen LogP contribution >= 0.6 is 0 Å². The number of hydrogen-bond donors (Lipinski definition) is 0. The van der Waals surface area contributed by atoms with E-state index < -0.39 is 0 Å². The molecule has 1 radical (unpaired) electrons. The van der Waals surface area contributed by atoms with Crippen LogP contribution in [0, 0.1) is 6.08 Å². The molecule has 0 heterocycles. The molecule has 0 unspecified atom stereocenters. The van der Waals surface area contributed by atoms with Gasteiger partial charge in [-0.25, -0.2) is 0 Å². The van der Waals surface area contributed by atoms with E-state index in [1.54, 1.807) is 0 Å². The molecular formula is C13H17O2. The summed E-state index contributed by atoms with van der Waals surface area (Å²) in [4.78, 5) is 0. The summed E-state index contributed by atoms with van der Waals surface area (Å²) in [6, 6.07) is 5.68. The van der Waals surface area contributed by atoms with Crippen molar-refractivity contribution in [2.75, 3.05) is 6.61 Å². The monoisotopic (exact) mass is 205 g/mol. The van der Waals surface area contributed by atoms with Crippen molar-refractivity contribution in [3.05, 3.63) is 36.4 Å². The highest BCUT2D eigenvalue weighted by molar-refractivity contribution is 5.44. The Labute approximate surface area is 91.5 Å².